The quantitative estimate of drug-likeness (QED) is 0.656. The zero-order valence-electron chi connectivity index (χ0n) is 9.99. The van der Waals surface area contributed by atoms with E-state index in [-0.39, 0.29) is 6.10 Å². The van der Waals surface area contributed by atoms with E-state index in [1.807, 2.05) is 0 Å². The minimum atomic E-state index is -0.784. The first-order valence-corrected chi connectivity index (χ1v) is 5.65. The molecule has 1 aliphatic carbocycles. The first-order valence-electron chi connectivity index (χ1n) is 5.65. The lowest BCUT2D eigenvalue weighted by molar-refractivity contribution is -0.147. The van der Waals surface area contributed by atoms with Gasteiger partial charge in [0.05, 0.1) is 12.7 Å². The van der Waals surface area contributed by atoms with Crippen LogP contribution in [0.1, 0.15) is 25.7 Å². The first-order chi connectivity index (χ1) is 7.64. The first kappa shape index (κ1) is 13.4. The minimum Gasteiger partial charge on any atom is -0.480 e. The molecule has 0 bridgehead atoms. The van der Waals surface area contributed by atoms with Crippen LogP contribution in [-0.2, 0) is 14.3 Å². The van der Waals surface area contributed by atoms with Gasteiger partial charge in [0, 0.05) is 20.8 Å². The topological polar surface area (TPSA) is 67.8 Å². The molecule has 0 aliphatic heterocycles. The molecule has 0 spiro atoms. The van der Waals surface area contributed by atoms with Crippen molar-refractivity contribution in [3.8, 4) is 0 Å². The highest BCUT2D eigenvalue weighted by molar-refractivity contribution is 5.78. The maximum atomic E-state index is 11.3. The van der Waals surface area contributed by atoms with Crippen LogP contribution >= 0.6 is 0 Å². The number of carboxylic acid groups (broad SMARTS) is 1. The third-order valence-electron chi connectivity index (χ3n) is 3.30. The Labute approximate surface area is 96.1 Å². The number of methoxy groups -OCH3 is 2. The number of aliphatic carboxylic acids is 1. The fraction of sp³-hybridized carbons (Fsp3) is 0.909. The maximum Gasteiger partial charge on any atom is 0.323 e. The van der Waals surface area contributed by atoms with E-state index in [0.717, 1.165) is 12.8 Å². The van der Waals surface area contributed by atoms with Crippen molar-refractivity contribution in [1.82, 2.24) is 5.32 Å². The minimum absolute atomic E-state index is 0.205. The number of rotatable bonds is 6. The number of hydrogen-bond donors (Lipinski definition) is 2. The van der Waals surface area contributed by atoms with Gasteiger partial charge in [-0.15, -0.1) is 0 Å². The van der Waals surface area contributed by atoms with Crippen molar-refractivity contribution in [3.05, 3.63) is 0 Å². The molecule has 1 saturated carbocycles. The lowest BCUT2D eigenvalue weighted by Crippen LogP contribution is -2.55. The molecule has 0 radical (unpaired) electrons. The highest BCUT2D eigenvalue weighted by Crippen LogP contribution is 2.29. The van der Waals surface area contributed by atoms with Gasteiger partial charge in [0.1, 0.15) is 5.54 Å². The van der Waals surface area contributed by atoms with Gasteiger partial charge in [0.2, 0.25) is 0 Å². The summed E-state index contributed by atoms with van der Waals surface area (Å²) in [7, 11) is 3.29. The Morgan fingerprint density at radius 1 is 1.44 bits per heavy atom. The van der Waals surface area contributed by atoms with Crippen LogP contribution in [0, 0.1) is 0 Å². The second kappa shape index (κ2) is 6.18. The lowest BCUT2D eigenvalue weighted by atomic mass is 9.80. The summed E-state index contributed by atoms with van der Waals surface area (Å²) in [6.45, 7) is 1.10. The predicted octanol–water partition coefficient (Wildman–Crippen LogP) is 0.635. The van der Waals surface area contributed by atoms with Crippen LogP contribution in [-0.4, -0.2) is 50.1 Å². The fourth-order valence-electron chi connectivity index (χ4n) is 2.18. The van der Waals surface area contributed by atoms with Gasteiger partial charge in [-0.3, -0.25) is 10.1 Å². The Kier molecular flexibility index (Phi) is 5.18. The predicted molar refractivity (Wildman–Crippen MR) is 59.5 cm³/mol. The molecule has 16 heavy (non-hydrogen) atoms. The van der Waals surface area contributed by atoms with Gasteiger partial charge in [-0.05, 0) is 25.7 Å². The van der Waals surface area contributed by atoms with Gasteiger partial charge >= 0.3 is 5.97 Å². The smallest absolute Gasteiger partial charge is 0.323 e. The number of ether oxygens (including phenoxy) is 2. The molecule has 1 aliphatic rings. The molecule has 0 aromatic rings. The molecule has 1 fully saturated rings. The molecule has 94 valence electrons. The summed E-state index contributed by atoms with van der Waals surface area (Å²) in [6.07, 6.45) is 3.03. The van der Waals surface area contributed by atoms with Crippen LogP contribution in [0.3, 0.4) is 0 Å². The highest BCUT2D eigenvalue weighted by Gasteiger charge is 2.41. The van der Waals surface area contributed by atoms with Crippen LogP contribution in [0.25, 0.3) is 0 Å². The van der Waals surface area contributed by atoms with E-state index in [1.165, 1.54) is 0 Å². The van der Waals surface area contributed by atoms with E-state index in [4.69, 9.17) is 9.47 Å². The Morgan fingerprint density at radius 3 is 2.50 bits per heavy atom. The summed E-state index contributed by atoms with van der Waals surface area (Å²) in [5.41, 5.74) is -0.784. The van der Waals surface area contributed by atoms with Crippen LogP contribution in [0.15, 0.2) is 0 Å². The molecule has 0 aromatic heterocycles. The largest absolute Gasteiger partial charge is 0.480 e. The summed E-state index contributed by atoms with van der Waals surface area (Å²) in [6, 6.07) is 0. The third kappa shape index (κ3) is 3.17. The van der Waals surface area contributed by atoms with Gasteiger partial charge in [0.15, 0.2) is 0 Å². The number of carboxylic acids is 1. The van der Waals surface area contributed by atoms with Crippen LogP contribution in [0.5, 0.6) is 0 Å². The molecular formula is C11H21NO4. The van der Waals surface area contributed by atoms with E-state index in [2.05, 4.69) is 5.32 Å². The van der Waals surface area contributed by atoms with Gasteiger partial charge < -0.3 is 14.6 Å². The molecular weight excluding hydrogens is 210 g/mol. The molecule has 2 N–H and O–H groups in total. The van der Waals surface area contributed by atoms with Crippen molar-refractivity contribution in [1.29, 1.82) is 0 Å². The molecule has 0 unspecified atom stereocenters. The van der Waals surface area contributed by atoms with Crippen molar-refractivity contribution in [2.75, 3.05) is 27.4 Å². The van der Waals surface area contributed by atoms with E-state index in [1.54, 1.807) is 14.2 Å². The Hall–Kier alpha value is -0.650. The summed E-state index contributed by atoms with van der Waals surface area (Å²) in [4.78, 5) is 11.3. The molecule has 0 amide bonds. The normalized spacial score (nSPS) is 30.2. The number of carbonyl (C=O) groups is 1. The third-order valence-corrected chi connectivity index (χ3v) is 3.30. The van der Waals surface area contributed by atoms with Crippen LogP contribution in [0.4, 0.5) is 0 Å². The van der Waals surface area contributed by atoms with Gasteiger partial charge in [-0.2, -0.15) is 0 Å². The van der Waals surface area contributed by atoms with Crippen molar-refractivity contribution in [2.24, 2.45) is 0 Å². The zero-order chi connectivity index (χ0) is 12.0. The summed E-state index contributed by atoms with van der Waals surface area (Å²) < 4.78 is 10.2. The molecule has 0 heterocycles. The monoisotopic (exact) mass is 231 g/mol. The summed E-state index contributed by atoms with van der Waals surface area (Å²) >= 11 is 0. The molecule has 0 saturated heterocycles. The SMILES string of the molecule is COCCNC1(C(=O)O)CCC(OC)CC1. The molecule has 0 aromatic carbocycles. The maximum absolute atomic E-state index is 11.3. The van der Waals surface area contributed by atoms with Crippen molar-refractivity contribution in [3.63, 3.8) is 0 Å². The van der Waals surface area contributed by atoms with Crippen molar-refractivity contribution in [2.45, 2.75) is 37.3 Å². The van der Waals surface area contributed by atoms with E-state index in [0.29, 0.717) is 26.0 Å². The van der Waals surface area contributed by atoms with Gasteiger partial charge in [-0.25, -0.2) is 0 Å². The number of hydrogen-bond acceptors (Lipinski definition) is 4. The number of nitrogens with one attached hydrogen (secondary N) is 1. The standard InChI is InChI=1S/C11H21NO4/c1-15-8-7-12-11(10(13)14)5-3-9(16-2)4-6-11/h9,12H,3-8H2,1-2H3,(H,13,14). The molecule has 1 rings (SSSR count). The van der Waals surface area contributed by atoms with Crippen molar-refractivity contribution >= 4 is 5.97 Å². The Bertz CT molecular complexity index is 219. The van der Waals surface area contributed by atoms with E-state index in [9.17, 15) is 9.90 Å². The molecule has 5 nitrogen and oxygen atoms in total. The van der Waals surface area contributed by atoms with E-state index >= 15 is 0 Å². The Balaban J connectivity index is 2.51. The highest BCUT2D eigenvalue weighted by atomic mass is 16.5. The van der Waals surface area contributed by atoms with Gasteiger partial charge in [0.25, 0.3) is 0 Å². The Morgan fingerprint density at radius 2 is 2.06 bits per heavy atom. The summed E-state index contributed by atoms with van der Waals surface area (Å²) in [5.74, 6) is -0.766. The second-order valence-corrected chi connectivity index (χ2v) is 4.24. The lowest BCUT2D eigenvalue weighted by Gasteiger charge is -2.37. The average Bonchev–Trinajstić information content (AvgIpc) is 2.30. The van der Waals surface area contributed by atoms with Crippen LogP contribution < -0.4 is 5.32 Å². The van der Waals surface area contributed by atoms with Crippen molar-refractivity contribution < 1.29 is 19.4 Å². The molecule has 0 atom stereocenters. The van der Waals surface area contributed by atoms with Crippen LogP contribution in [0.2, 0.25) is 0 Å². The fourth-order valence-corrected chi connectivity index (χ4v) is 2.18. The second-order valence-electron chi connectivity index (χ2n) is 4.24. The van der Waals surface area contributed by atoms with E-state index < -0.39 is 11.5 Å². The zero-order valence-corrected chi connectivity index (χ0v) is 9.99. The average molecular weight is 231 g/mol. The molecule has 5 heteroatoms. The van der Waals surface area contributed by atoms with Gasteiger partial charge in [-0.1, -0.05) is 0 Å². The summed E-state index contributed by atoms with van der Waals surface area (Å²) in [5, 5.41) is 12.4.